The molecule has 15 heavy (non-hydrogen) atoms. The molecule has 0 aliphatic rings. The third-order valence-corrected chi connectivity index (χ3v) is 2.67. The molecule has 80 valence electrons. The molecule has 2 aromatic heterocycles. The van der Waals surface area contributed by atoms with E-state index in [-0.39, 0.29) is 0 Å². The van der Waals surface area contributed by atoms with E-state index in [4.69, 9.17) is 16.3 Å². The van der Waals surface area contributed by atoms with Crippen molar-refractivity contribution in [2.45, 2.75) is 20.5 Å². The normalized spacial score (nSPS) is 11.1. The number of halogens is 1. The van der Waals surface area contributed by atoms with Gasteiger partial charge >= 0.3 is 0 Å². The average Bonchev–Trinajstić information content (AvgIpc) is 2.64. The molecule has 0 amide bonds. The number of ether oxygens (including phenoxy) is 1. The highest BCUT2D eigenvalue weighted by atomic mass is 35.5. The highest BCUT2D eigenvalue weighted by Crippen LogP contribution is 2.19. The van der Waals surface area contributed by atoms with Gasteiger partial charge < -0.3 is 4.74 Å². The van der Waals surface area contributed by atoms with Crippen LogP contribution in [0.25, 0.3) is 5.65 Å². The van der Waals surface area contributed by atoms with Crippen LogP contribution in [0.2, 0.25) is 5.02 Å². The van der Waals surface area contributed by atoms with Gasteiger partial charge in [0.1, 0.15) is 6.61 Å². The average molecular weight is 226 g/mol. The highest BCUT2D eigenvalue weighted by Gasteiger charge is 2.08. The van der Waals surface area contributed by atoms with Gasteiger partial charge in [-0.05, 0) is 19.9 Å². The monoisotopic (exact) mass is 225 g/mol. The second-order valence-corrected chi connectivity index (χ2v) is 3.64. The van der Waals surface area contributed by atoms with E-state index in [9.17, 15) is 0 Å². The van der Waals surface area contributed by atoms with Crippen molar-refractivity contribution in [3.05, 3.63) is 28.7 Å². The third-order valence-electron chi connectivity index (χ3n) is 2.27. The summed E-state index contributed by atoms with van der Waals surface area (Å²) in [6.07, 6.45) is 1.86. The first-order valence-electron chi connectivity index (χ1n) is 4.80. The van der Waals surface area contributed by atoms with Crippen LogP contribution < -0.4 is 0 Å². The maximum absolute atomic E-state index is 5.99. The van der Waals surface area contributed by atoms with Crippen LogP contribution in [0.1, 0.15) is 18.3 Å². The number of fused-ring (bicyclic) bond motifs is 1. The Morgan fingerprint density at radius 1 is 1.47 bits per heavy atom. The molecule has 2 aromatic rings. The van der Waals surface area contributed by atoms with E-state index in [2.05, 4.69) is 10.2 Å². The first-order valence-corrected chi connectivity index (χ1v) is 5.18. The fourth-order valence-corrected chi connectivity index (χ4v) is 1.54. The number of rotatable bonds is 3. The van der Waals surface area contributed by atoms with Gasteiger partial charge in [-0.1, -0.05) is 11.6 Å². The molecule has 0 fully saturated rings. The van der Waals surface area contributed by atoms with Gasteiger partial charge in [0.05, 0.1) is 0 Å². The van der Waals surface area contributed by atoms with E-state index < -0.39 is 0 Å². The first kappa shape index (κ1) is 10.4. The molecular weight excluding hydrogens is 214 g/mol. The lowest BCUT2D eigenvalue weighted by Gasteiger charge is -2.02. The molecule has 0 atom stereocenters. The van der Waals surface area contributed by atoms with Crippen molar-refractivity contribution in [1.82, 2.24) is 14.6 Å². The molecule has 0 bridgehead atoms. The minimum Gasteiger partial charge on any atom is -0.374 e. The van der Waals surface area contributed by atoms with Gasteiger partial charge in [-0.25, -0.2) is 0 Å². The van der Waals surface area contributed by atoms with Crippen LogP contribution in [-0.2, 0) is 11.3 Å². The number of nitrogens with zero attached hydrogens (tertiary/aromatic N) is 3. The largest absolute Gasteiger partial charge is 0.374 e. The van der Waals surface area contributed by atoms with Crippen LogP contribution in [0.4, 0.5) is 0 Å². The standard InChI is InChI=1S/C10H12ClN3O/c1-3-15-6-9-12-13-10-7(2)8(11)4-5-14(9)10/h4-5H,3,6H2,1-2H3. The van der Waals surface area contributed by atoms with E-state index in [1.54, 1.807) is 0 Å². The molecular formula is C10H12ClN3O. The van der Waals surface area contributed by atoms with E-state index in [1.165, 1.54) is 0 Å². The lowest BCUT2D eigenvalue weighted by Crippen LogP contribution is -1.99. The fraction of sp³-hybridized carbons (Fsp3) is 0.400. The maximum Gasteiger partial charge on any atom is 0.165 e. The summed E-state index contributed by atoms with van der Waals surface area (Å²) in [5.74, 6) is 0.798. The van der Waals surface area contributed by atoms with Crippen LogP contribution >= 0.6 is 11.6 Å². The molecule has 5 heteroatoms. The lowest BCUT2D eigenvalue weighted by molar-refractivity contribution is 0.127. The van der Waals surface area contributed by atoms with Crippen LogP contribution in [0.5, 0.6) is 0 Å². The molecule has 2 rings (SSSR count). The Morgan fingerprint density at radius 3 is 3.00 bits per heavy atom. The number of pyridine rings is 1. The zero-order chi connectivity index (χ0) is 10.8. The van der Waals surface area contributed by atoms with E-state index in [1.807, 2.05) is 30.5 Å². The van der Waals surface area contributed by atoms with Gasteiger partial charge in [-0.2, -0.15) is 0 Å². The molecule has 0 radical (unpaired) electrons. The number of hydrogen-bond acceptors (Lipinski definition) is 3. The number of aryl methyl sites for hydroxylation is 1. The van der Waals surface area contributed by atoms with Crippen LogP contribution in [0.3, 0.4) is 0 Å². The van der Waals surface area contributed by atoms with Crippen molar-refractivity contribution in [3.8, 4) is 0 Å². The van der Waals surface area contributed by atoms with Gasteiger partial charge in [0, 0.05) is 23.4 Å². The summed E-state index contributed by atoms with van der Waals surface area (Å²) >= 11 is 5.99. The first-order chi connectivity index (χ1) is 7.24. The maximum atomic E-state index is 5.99. The second-order valence-electron chi connectivity index (χ2n) is 3.24. The molecule has 2 heterocycles. The minimum atomic E-state index is 0.471. The van der Waals surface area contributed by atoms with E-state index in [0.717, 1.165) is 17.0 Å². The Kier molecular flexibility index (Phi) is 2.88. The SMILES string of the molecule is CCOCc1nnc2c(C)c(Cl)ccn12. The van der Waals surface area contributed by atoms with Crippen molar-refractivity contribution in [2.75, 3.05) is 6.61 Å². The molecule has 0 spiro atoms. The Morgan fingerprint density at radius 2 is 2.27 bits per heavy atom. The fourth-order valence-electron chi connectivity index (χ4n) is 1.40. The van der Waals surface area contributed by atoms with Gasteiger partial charge in [-0.3, -0.25) is 4.40 Å². The Bertz CT molecular complexity index is 481. The zero-order valence-corrected chi connectivity index (χ0v) is 9.45. The molecule has 0 aliphatic heterocycles. The quantitative estimate of drug-likeness (QED) is 0.804. The third kappa shape index (κ3) is 1.82. The van der Waals surface area contributed by atoms with Crippen LogP contribution in [0.15, 0.2) is 12.3 Å². The van der Waals surface area contributed by atoms with Gasteiger partial charge in [-0.15, -0.1) is 10.2 Å². The Balaban J connectivity index is 2.47. The topological polar surface area (TPSA) is 39.4 Å². The summed E-state index contributed by atoms with van der Waals surface area (Å²) in [6, 6.07) is 1.84. The van der Waals surface area contributed by atoms with Crippen molar-refractivity contribution in [2.24, 2.45) is 0 Å². The molecule has 0 saturated carbocycles. The molecule has 0 aromatic carbocycles. The number of aromatic nitrogens is 3. The number of hydrogen-bond donors (Lipinski definition) is 0. The van der Waals surface area contributed by atoms with Gasteiger partial charge in [0.25, 0.3) is 0 Å². The molecule has 4 nitrogen and oxygen atoms in total. The predicted octanol–water partition coefficient (Wildman–Crippen LogP) is 2.23. The highest BCUT2D eigenvalue weighted by molar-refractivity contribution is 6.31. The van der Waals surface area contributed by atoms with Crippen molar-refractivity contribution in [1.29, 1.82) is 0 Å². The Labute approximate surface area is 92.8 Å². The van der Waals surface area contributed by atoms with Crippen LogP contribution in [-0.4, -0.2) is 21.2 Å². The summed E-state index contributed by atoms with van der Waals surface area (Å²) in [7, 11) is 0. The minimum absolute atomic E-state index is 0.471. The van der Waals surface area contributed by atoms with Gasteiger partial charge in [0.2, 0.25) is 0 Å². The Hall–Kier alpha value is -1.13. The van der Waals surface area contributed by atoms with Crippen molar-refractivity contribution < 1.29 is 4.74 Å². The smallest absolute Gasteiger partial charge is 0.165 e. The second kappa shape index (κ2) is 4.16. The van der Waals surface area contributed by atoms with Crippen LogP contribution in [0, 0.1) is 6.92 Å². The van der Waals surface area contributed by atoms with E-state index >= 15 is 0 Å². The van der Waals surface area contributed by atoms with Gasteiger partial charge in [0.15, 0.2) is 11.5 Å². The van der Waals surface area contributed by atoms with Crippen molar-refractivity contribution >= 4 is 17.2 Å². The molecule has 0 unspecified atom stereocenters. The summed E-state index contributed by atoms with van der Waals surface area (Å²) in [4.78, 5) is 0. The molecule has 0 aliphatic carbocycles. The molecule has 0 N–H and O–H groups in total. The zero-order valence-electron chi connectivity index (χ0n) is 8.70. The summed E-state index contributed by atoms with van der Waals surface area (Å²) in [5, 5.41) is 8.85. The predicted molar refractivity (Wildman–Crippen MR) is 58.1 cm³/mol. The lowest BCUT2D eigenvalue weighted by atomic mass is 10.3. The molecule has 0 saturated heterocycles. The summed E-state index contributed by atoms with van der Waals surface area (Å²) in [5.41, 5.74) is 1.73. The van der Waals surface area contributed by atoms with Crippen molar-refractivity contribution in [3.63, 3.8) is 0 Å². The summed E-state index contributed by atoms with van der Waals surface area (Å²) in [6.45, 7) is 5.02. The summed E-state index contributed by atoms with van der Waals surface area (Å²) < 4.78 is 7.20. The van der Waals surface area contributed by atoms with E-state index in [0.29, 0.717) is 18.2 Å².